The summed E-state index contributed by atoms with van der Waals surface area (Å²) in [6.07, 6.45) is 2.43. The minimum Gasteiger partial charge on any atom is -0.481 e. The molecule has 0 heterocycles. The van der Waals surface area contributed by atoms with Crippen LogP contribution in [0.5, 0.6) is 0 Å². The second-order valence-electron chi connectivity index (χ2n) is 4.09. The molecule has 1 aromatic carbocycles. The molecule has 0 fully saturated rings. The minimum atomic E-state index is -0.774. The minimum absolute atomic E-state index is 0.119. The first-order valence-corrected chi connectivity index (χ1v) is 7.54. The van der Waals surface area contributed by atoms with Crippen LogP contribution < -0.4 is 5.32 Å². The van der Waals surface area contributed by atoms with E-state index in [1.165, 1.54) is 0 Å². The van der Waals surface area contributed by atoms with Gasteiger partial charge >= 0.3 is 5.97 Å². The fourth-order valence-electron chi connectivity index (χ4n) is 1.52. The lowest BCUT2D eigenvalue weighted by molar-refractivity contribution is -0.137. The number of aliphatic carboxylic acids is 1. The van der Waals surface area contributed by atoms with Crippen molar-refractivity contribution in [1.82, 2.24) is 5.32 Å². The van der Waals surface area contributed by atoms with Gasteiger partial charge in [0.25, 0.3) is 5.91 Å². The van der Waals surface area contributed by atoms with E-state index >= 15 is 0 Å². The van der Waals surface area contributed by atoms with Crippen LogP contribution in [-0.4, -0.2) is 23.5 Å². The van der Waals surface area contributed by atoms with Gasteiger partial charge in [-0.1, -0.05) is 6.42 Å². The van der Waals surface area contributed by atoms with Crippen molar-refractivity contribution in [2.45, 2.75) is 25.7 Å². The monoisotopic (exact) mass is 391 g/mol. The van der Waals surface area contributed by atoms with E-state index in [0.29, 0.717) is 18.5 Å². The number of carboxylic acids is 1. The Morgan fingerprint density at radius 2 is 1.84 bits per heavy atom. The lowest BCUT2D eigenvalue weighted by Gasteiger charge is -2.06. The van der Waals surface area contributed by atoms with Crippen molar-refractivity contribution in [2.24, 2.45) is 0 Å². The highest BCUT2D eigenvalue weighted by molar-refractivity contribution is 9.13. The Bertz CT molecular complexity index is 463. The van der Waals surface area contributed by atoms with Crippen molar-refractivity contribution >= 4 is 43.7 Å². The molecule has 2 N–H and O–H groups in total. The number of hydrogen-bond acceptors (Lipinski definition) is 2. The maximum Gasteiger partial charge on any atom is 0.303 e. The molecule has 0 saturated heterocycles. The summed E-state index contributed by atoms with van der Waals surface area (Å²) in [5, 5.41) is 11.3. The second-order valence-corrected chi connectivity index (χ2v) is 5.80. The Labute approximate surface area is 128 Å². The van der Waals surface area contributed by atoms with Gasteiger partial charge in [0, 0.05) is 27.5 Å². The topological polar surface area (TPSA) is 66.4 Å². The predicted molar refractivity (Wildman–Crippen MR) is 80.3 cm³/mol. The van der Waals surface area contributed by atoms with Crippen molar-refractivity contribution in [2.75, 3.05) is 6.54 Å². The van der Waals surface area contributed by atoms with Crippen molar-refractivity contribution in [1.29, 1.82) is 0 Å². The lowest BCUT2D eigenvalue weighted by atomic mass is 10.2. The number of carbonyl (C=O) groups excluding carboxylic acids is 1. The molecule has 0 aliphatic heterocycles. The maximum atomic E-state index is 11.8. The molecular weight excluding hydrogens is 378 g/mol. The molecule has 0 saturated carbocycles. The van der Waals surface area contributed by atoms with E-state index in [0.717, 1.165) is 21.8 Å². The number of halogens is 2. The van der Waals surface area contributed by atoms with Gasteiger partial charge in [0.15, 0.2) is 0 Å². The van der Waals surface area contributed by atoms with Gasteiger partial charge in [-0.3, -0.25) is 9.59 Å². The molecule has 1 amide bonds. The third-order valence-corrected chi connectivity index (χ3v) is 4.41. The van der Waals surface area contributed by atoms with Gasteiger partial charge in [0.05, 0.1) is 0 Å². The molecule has 0 bridgehead atoms. The van der Waals surface area contributed by atoms with Crippen molar-refractivity contribution in [3.63, 3.8) is 0 Å². The number of unbranched alkanes of at least 4 members (excludes halogenated alkanes) is 2. The van der Waals surface area contributed by atoms with E-state index in [9.17, 15) is 9.59 Å². The SMILES string of the molecule is O=C(O)CCCCCNC(=O)c1ccc(Br)c(Br)c1. The molecule has 6 heteroatoms. The summed E-state index contributed by atoms with van der Waals surface area (Å²) in [6.45, 7) is 0.562. The standard InChI is InChI=1S/C13H15Br2NO3/c14-10-6-5-9(8-11(10)15)13(19)16-7-3-1-2-4-12(17)18/h5-6,8H,1-4,7H2,(H,16,19)(H,17,18). The zero-order valence-corrected chi connectivity index (χ0v) is 13.5. The molecule has 0 unspecified atom stereocenters. The molecule has 0 aliphatic rings. The predicted octanol–water partition coefficient (Wildman–Crippen LogP) is 3.59. The van der Waals surface area contributed by atoms with Crippen LogP contribution in [-0.2, 0) is 4.79 Å². The van der Waals surface area contributed by atoms with E-state index < -0.39 is 5.97 Å². The van der Waals surface area contributed by atoms with E-state index in [1.807, 2.05) is 6.07 Å². The summed E-state index contributed by atoms with van der Waals surface area (Å²) >= 11 is 6.69. The van der Waals surface area contributed by atoms with Crippen LogP contribution in [0.2, 0.25) is 0 Å². The summed E-state index contributed by atoms with van der Waals surface area (Å²) in [5.41, 5.74) is 0.598. The Morgan fingerprint density at radius 3 is 2.47 bits per heavy atom. The smallest absolute Gasteiger partial charge is 0.303 e. The van der Waals surface area contributed by atoms with Crippen LogP contribution in [0.4, 0.5) is 0 Å². The third-order valence-electron chi connectivity index (χ3n) is 2.53. The average Bonchev–Trinajstić information content (AvgIpc) is 2.36. The zero-order valence-electron chi connectivity index (χ0n) is 10.3. The fraction of sp³-hybridized carbons (Fsp3) is 0.385. The number of carboxylic acid groups (broad SMARTS) is 1. The molecule has 0 aliphatic carbocycles. The Morgan fingerprint density at radius 1 is 1.11 bits per heavy atom. The summed E-state index contributed by atoms with van der Waals surface area (Å²) in [5.74, 6) is -0.893. The molecule has 19 heavy (non-hydrogen) atoms. The fourth-order valence-corrected chi connectivity index (χ4v) is 2.14. The number of nitrogens with one attached hydrogen (secondary N) is 1. The maximum absolute atomic E-state index is 11.8. The van der Waals surface area contributed by atoms with Crippen molar-refractivity contribution in [3.05, 3.63) is 32.7 Å². The molecule has 104 valence electrons. The zero-order chi connectivity index (χ0) is 14.3. The Kier molecular flexibility index (Phi) is 7.09. The lowest BCUT2D eigenvalue weighted by Crippen LogP contribution is -2.24. The highest BCUT2D eigenvalue weighted by Gasteiger charge is 2.06. The molecule has 0 spiro atoms. The molecule has 1 aromatic rings. The first-order chi connectivity index (χ1) is 9.00. The first-order valence-electron chi connectivity index (χ1n) is 5.95. The van der Waals surface area contributed by atoms with Crippen LogP contribution in [0.1, 0.15) is 36.0 Å². The summed E-state index contributed by atoms with van der Waals surface area (Å²) in [7, 11) is 0. The van der Waals surface area contributed by atoms with Gasteiger partial charge in [-0.2, -0.15) is 0 Å². The van der Waals surface area contributed by atoms with E-state index in [-0.39, 0.29) is 12.3 Å². The largest absolute Gasteiger partial charge is 0.481 e. The molecule has 4 nitrogen and oxygen atoms in total. The van der Waals surface area contributed by atoms with Crippen LogP contribution in [0, 0.1) is 0 Å². The summed E-state index contributed by atoms with van der Waals surface area (Å²) in [4.78, 5) is 22.1. The molecule has 0 atom stereocenters. The normalized spacial score (nSPS) is 10.2. The van der Waals surface area contributed by atoms with Gasteiger partial charge in [0.1, 0.15) is 0 Å². The number of amides is 1. The van der Waals surface area contributed by atoms with E-state index in [2.05, 4.69) is 37.2 Å². The third kappa shape index (κ3) is 6.20. The van der Waals surface area contributed by atoms with Crippen LogP contribution in [0.3, 0.4) is 0 Å². The van der Waals surface area contributed by atoms with Crippen molar-refractivity contribution < 1.29 is 14.7 Å². The molecular formula is C13H15Br2NO3. The summed E-state index contributed by atoms with van der Waals surface area (Å²) < 4.78 is 1.74. The number of hydrogen-bond donors (Lipinski definition) is 2. The Hall–Kier alpha value is -0.880. The number of carbonyl (C=O) groups is 2. The summed E-state index contributed by atoms with van der Waals surface area (Å²) in [6, 6.07) is 5.31. The van der Waals surface area contributed by atoms with Gasteiger partial charge < -0.3 is 10.4 Å². The van der Waals surface area contributed by atoms with E-state index in [4.69, 9.17) is 5.11 Å². The van der Waals surface area contributed by atoms with Gasteiger partial charge in [-0.25, -0.2) is 0 Å². The molecule has 0 aromatic heterocycles. The van der Waals surface area contributed by atoms with Crippen LogP contribution >= 0.6 is 31.9 Å². The Balaban J connectivity index is 2.27. The highest BCUT2D eigenvalue weighted by Crippen LogP contribution is 2.23. The average molecular weight is 393 g/mol. The number of benzene rings is 1. The second kappa shape index (κ2) is 8.32. The van der Waals surface area contributed by atoms with Crippen LogP contribution in [0.25, 0.3) is 0 Å². The van der Waals surface area contributed by atoms with Gasteiger partial charge in [-0.15, -0.1) is 0 Å². The van der Waals surface area contributed by atoms with Gasteiger partial charge in [0.2, 0.25) is 0 Å². The first kappa shape index (κ1) is 16.2. The van der Waals surface area contributed by atoms with Crippen molar-refractivity contribution in [3.8, 4) is 0 Å². The number of rotatable bonds is 7. The van der Waals surface area contributed by atoms with Gasteiger partial charge in [-0.05, 0) is 62.9 Å². The molecule has 1 rings (SSSR count). The highest BCUT2D eigenvalue weighted by atomic mass is 79.9. The molecule has 0 radical (unpaired) electrons. The quantitative estimate of drug-likeness (QED) is 0.697. The van der Waals surface area contributed by atoms with E-state index in [1.54, 1.807) is 12.1 Å². The van der Waals surface area contributed by atoms with Crippen LogP contribution in [0.15, 0.2) is 27.1 Å².